The average molecular weight is 153 g/mol. The predicted octanol–water partition coefficient (Wildman–Crippen LogP) is 1.74. The molecule has 0 atom stereocenters. The summed E-state index contributed by atoms with van der Waals surface area (Å²) in [5, 5.41) is 12.2. The van der Waals surface area contributed by atoms with Gasteiger partial charge in [-0.25, -0.2) is 4.99 Å². The number of hydrogen-bond acceptors (Lipinski definition) is 3. The van der Waals surface area contributed by atoms with Crippen LogP contribution in [0.1, 0.15) is 26.7 Å². The van der Waals surface area contributed by atoms with Crippen molar-refractivity contribution in [3.8, 4) is 0 Å². The van der Waals surface area contributed by atoms with Crippen molar-refractivity contribution >= 4 is 5.84 Å². The fourth-order valence-electron chi connectivity index (χ4n) is 0.869. The molecule has 2 N–H and O–H groups in total. The van der Waals surface area contributed by atoms with Crippen molar-refractivity contribution in [1.82, 2.24) is 5.32 Å². The number of hydrogen-bond donors (Lipinski definition) is 2. The first-order valence-corrected chi connectivity index (χ1v) is 3.81. The minimum absolute atomic E-state index is 0.132. The van der Waals surface area contributed by atoms with Crippen molar-refractivity contribution in [3.05, 3.63) is 18.0 Å². The first-order chi connectivity index (χ1) is 5.24. The predicted molar refractivity (Wildman–Crippen MR) is 45.1 cm³/mol. The number of rotatable bonds is 2. The summed E-state index contributed by atoms with van der Waals surface area (Å²) in [5.41, 5.74) is 0.782. The molecule has 0 unspecified atom stereocenters. The van der Waals surface area contributed by atoms with Gasteiger partial charge in [0.25, 0.3) is 0 Å². The van der Waals surface area contributed by atoms with Gasteiger partial charge in [-0.2, -0.15) is 0 Å². The van der Waals surface area contributed by atoms with E-state index in [2.05, 4.69) is 17.2 Å². The number of amidine groups is 1. The number of aliphatic hydroxyl groups excluding tert-OH is 1. The maximum atomic E-state index is 9.20. The molecule has 11 heavy (non-hydrogen) atoms. The summed E-state index contributed by atoms with van der Waals surface area (Å²) in [6.45, 7) is 5.66. The van der Waals surface area contributed by atoms with E-state index in [9.17, 15) is 5.11 Å². The molecular formula is C8H13N2O. The third-order valence-corrected chi connectivity index (χ3v) is 1.54. The summed E-state index contributed by atoms with van der Waals surface area (Å²) in [7, 11) is 0. The second-order valence-electron chi connectivity index (χ2n) is 2.60. The summed E-state index contributed by atoms with van der Waals surface area (Å²) in [6, 6.07) is 0. The van der Waals surface area contributed by atoms with Gasteiger partial charge < -0.3 is 10.4 Å². The Hall–Kier alpha value is -0.990. The normalized spacial score (nSPS) is 17.8. The van der Waals surface area contributed by atoms with Gasteiger partial charge >= 0.3 is 0 Å². The molecule has 1 rings (SSSR count). The van der Waals surface area contributed by atoms with Gasteiger partial charge in [0.05, 0.1) is 6.54 Å². The number of aliphatic imine (C=N–C) groups is 1. The lowest BCUT2D eigenvalue weighted by Crippen LogP contribution is -2.24. The smallest absolute Gasteiger partial charge is 0.213 e. The monoisotopic (exact) mass is 153 g/mol. The molecule has 0 fully saturated rings. The van der Waals surface area contributed by atoms with Crippen LogP contribution >= 0.6 is 0 Å². The molecule has 0 aromatic heterocycles. The van der Waals surface area contributed by atoms with Gasteiger partial charge in [0.15, 0.2) is 0 Å². The van der Waals surface area contributed by atoms with Crippen molar-refractivity contribution in [2.75, 3.05) is 0 Å². The first-order valence-electron chi connectivity index (χ1n) is 3.81. The van der Waals surface area contributed by atoms with Gasteiger partial charge in [-0.05, 0) is 13.3 Å². The molecule has 1 aliphatic heterocycles. The Morgan fingerprint density at radius 1 is 1.64 bits per heavy atom. The molecule has 0 saturated heterocycles. The minimum atomic E-state index is 0.132. The van der Waals surface area contributed by atoms with Crippen LogP contribution < -0.4 is 5.32 Å². The minimum Gasteiger partial charge on any atom is -0.493 e. The van der Waals surface area contributed by atoms with Gasteiger partial charge in [0.2, 0.25) is 5.88 Å². The third-order valence-electron chi connectivity index (χ3n) is 1.54. The van der Waals surface area contributed by atoms with E-state index in [1.165, 1.54) is 0 Å². The van der Waals surface area contributed by atoms with Crippen LogP contribution in [0.3, 0.4) is 0 Å². The molecule has 0 amide bonds. The zero-order valence-electron chi connectivity index (χ0n) is 6.89. The van der Waals surface area contributed by atoms with Gasteiger partial charge in [0.1, 0.15) is 5.84 Å². The topological polar surface area (TPSA) is 44.6 Å². The van der Waals surface area contributed by atoms with Gasteiger partial charge in [-0.1, -0.05) is 6.92 Å². The molecule has 0 bridgehead atoms. The summed E-state index contributed by atoms with van der Waals surface area (Å²) >= 11 is 0. The Morgan fingerprint density at radius 2 is 2.36 bits per heavy atom. The van der Waals surface area contributed by atoms with E-state index in [-0.39, 0.29) is 5.88 Å². The van der Waals surface area contributed by atoms with Crippen molar-refractivity contribution in [1.29, 1.82) is 0 Å². The zero-order valence-corrected chi connectivity index (χ0v) is 6.89. The Kier molecular flexibility index (Phi) is 2.52. The highest BCUT2D eigenvalue weighted by molar-refractivity contribution is 5.84. The molecular weight excluding hydrogens is 140 g/mol. The summed E-state index contributed by atoms with van der Waals surface area (Å²) in [4.78, 5) is 3.96. The molecule has 1 aliphatic rings. The molecule has 0 aromatic carbocycles. The maximum absolute atomic E-state index is 9.20. The fraction of sp³-hybridized carbons (Fsp3) is 0.500. The van der Waals surface area contributed by atoms with Crippen LogP contribution in [0, 0.1) is 6.54 Å². The molecule has 3 heteroatoms. The molecule has 0 aromatic rings. The Labute approximate surface area is 66.8 Å². The van der Waals surface area contributed by atoms with Gasteiger partial charge in [-0.3, -0.25) is 0 Å². The second-order valence-corrected chi connectivity index (χ2v) is 2.60. The summed E-state index contributed by atoms with van der Waals surface area (Å²) in [5.74, 6) is 0.975. The van der Waals surface area contributed by atoms with Crippen molar-refractivity contribution in [3.63, 3.8) is 0 Å². The van der Waals surface area contributed by atoms with Crippen LogP contribution in [0.5, 0.6) is 0 Å². The lowest BCUT2D eigenvalue weighted by molar-refractivity contribution is 0.396. The maximum Gasteiger partial charge on any atom is 0.213 e. The standard InChI is InChI=1S/C8H13N2O/c1-3-4-7-9-5-6(2)8(11)10-7/h5,11H,3-4H2,1-2H3,(H,9,10). The highest BCUT2D eigenvalue weighted by Gasteiger charge is 2.08. The van der Waals surface area contributed by atoms with Crippen molar-refractivity contribution in [2.24, 2.45) is 4.99 Å². The van der Waals surface area contributed by atoms with E-state index in [0.717, 1.165) is 24.3 Å². The average Bonchev–Trinajstić information content (AvgIpc) is 1.98. The number of nitrogens with zero attached hydrogens (tertiary/aromatic N) is 1. The largest absolute Gasteiger partial charge is 0.493 e. The van der Waals surface area contributed by atoms with E-state index in [0.29, 0.717) is 0 Å². The Balaban J connectivity index is 2.64. The van der Waals surface area contributed by atoms with Crippen LogP contribution in [0.15, 0.2) is 16.4 Å². The molecule has 0 saturated carbocycles. The number of aliphatic hydroxyl groups is 1. The van der Waals surface area contributed by atoms with E-state index in [1.54, 1.807) is 6.54 Å². The highest BCUT2D eigenvalue weighted by Crippen LogP contribution is 2.10. The van der Waals surface area contributed by atoms with Crippen LogP contribution in [0.4, 0.5) is 0 Å². The summed E-state index contributed by atoms with van der Waals surface area (Å²) < 4.78 is 0. The van der Waals surface area contributed by atoms with Gasteiger partial charge in [0, 0.05) is 12.0 Å². The summed E-state index contributed by atoms with van der Waals surface area (Å²) in [6.07, 6.45) is 1.92. The van der Waals surface area contributed by atoms with Crippen LogP contribution in [-0.4, -0.2) is 10.9 Å². The second kappa shape index (κ2) is 3.42. The molecule has 3 nitrogen and oxygen atoms in total. The molecule has 61 valence electrons. The highest BCUT2D eigenvalue weighted by atomic mass is 16.3. The molecule has 0 aliphatic carbocycles. The van der Waals surface area contributed by atoms with Crippen LogP contribution in [-0.2, 0) is 0 Å². The third kappa shape index (κ3) is 1.97. The molecule has 1 heterocycles. The van der Waals surface area contributed by atoms with Gasteiger partial charge in [-0.15, -0.1) is 0 Å². The first kappa shape index (κ1) is 8.11. The van der Waals surface area contributed by atoms with Crippen LogP contribution in [0.2, 0.25) is 0 Å². The van der Waals surface area contributed by atoms with E-state index < -0.39 is 0 Å². The molecule has 0 spiro atoms. The Bertz CT molecular complexity index is 202. The van der Waals surface area contributed by atoms with E-state index >= 15 is 0 Å². The van der Waals surface area contributed by atoms with Crippen molar-refractivity contribution < 1.29 is 5.11 Å². The lowest BCUT2D eigenvalue weighted by atomic mass is 10.2. The van der Waals surface area contributed by atoms with E-state index in [1.807, 2.05) is 6.92 Å². The lowest BCUT2D eigenvalue weighted by Gasteiger charge is -2.14. The quantitative estimate of drug-likeness (QED) is 0.634. The SMILES string of the molecule is CCCC1=NC(O)=C(C)[CH]N1. The fourth-order valence-corrected chi connectivity index (χ4v) is 0.869. The van der Waals surface area contributed by atoms with E-state index in [4.69, 9.17) is 0 Å². The molecule has 1 radical (unpaired) electrons. The number of nitrogens with one attached hydrogen (secondary N) is 1. The zero-order chi connectivity index (χ0) is 8.27. The Morgan fingerprint density at radius 3 is 2.91 bits per heavy atom. The van der Waals surface area contributed by atoms with Crippen LogP contribution in [0.25, 0.3) is 0 Å². The van der Waals surface area contributed by atoms with Crippen molar-refractivity contribution in [2.45, 2.75) is 26.7 Å².